The van der Waals surface area contributed by atoms with Crippen molar-refractivity contribution in [3.05, 3.63) is 54.1 Å². The minimum Gasteiger partial charge on any atom is -0.494 e. The number of carbonyl (C=O) groups is 1. The van der Waals surface area contributed by atoms with Crippen molar-refractivity contribution < 1.29 is 9.53 Å². The molecule has 0 bridgehead atoms. The van der Waals surface area contributed by atoms with E-state index in [0.29, 0.717) is 12.2 Å². The van der Waals surface area contributed by atoms with Crippen LogP contribution in [0.1, 0.15) is 36.5 Å². The first-order chi connectivity index (χ1) is 11.8. The predicted molar refractivity (Wildman–Crippen MR) is 98.1 cm³/mol. The lowest BCUT2D eigenvalue weighted by Gasteiger charge is -2.21. The Balaban J connectivity index is 1.70. The van der Waals surface area contributed by atoms with Crippen LogP contribution in [0.3, 0.4) is 0 Å². The van der Waals surface area contributed by atoms with Crippen LogP contribution in [0.2, 0.25) is 0 Å². The number of rotatable bonds is 6. The Hall–Kier alpha value is -2.49. The van der Waals surface area contributed by atoms with Gasteiger partial charge >= 0.3 is 0 Å². The molecule has 1 aliphatic rings. The lowest BCUT2D eigenvalue weighted by Crippen LogP contribution is -2.21. The van der Waals surface area contributed by atoms with Crippen LogP contribution in [0, 0.1) is 0 Å². The first-order valence-electron chi connectivity index (χ1n) is 8.66. The van der Waals surface area contributed by atoms with Gasteiger partial charge in [0.15, 0.2) is 0 Å². The summed E-state index contributed by atoms with van der Waals surface area (Å²) in [6, 6.07) is 15.3. The van der Waals surface area contributed by atoms with Gasteiger partial charge in [-0.25, -0.2) is 0 Å². The molecule has 1 saturated heterocycles. The summed E-state index contributed by atoms with van der Waals surface area (Å²) in [5.74, 6) is 0.703. The van der Waals surface area contributed by atoms with E-state index in [9.17, 15) is 4.79 Å². The van der Waals surface area contributed by atoms with E-state index in [1.807, 2.05) is 30.3 Å². The molecule has 2 aromatic rings. The Labute approximate surface area is 143 Å². The first kappa shape index (κ1) is 16.4. The zero-order valence-corrected chi connectivity index (χ0v) is 14.1. The van der Waals surface area contributed by atoms with Crippen LogP contribution >= 0.6 is 0 Å². The zero-order valence-electron chi connectivity index (χ0n) is 14.1. The maximum absolute atomic E-state index is 12.5. The third-order valence-electron chi connectivity index (χ3n) is 4.19. The van der Waals surface area contributed by atoms with Crippen LogP contribution < -0.4 is 15.0 Å². The fourth-order valence-electron chi connectivity index (χ4n) is 2.93. The van der Waals surface area contributed by atoms with Crippen molar-refractivity contribution in [2.24, 2.45) is 0 Å². The van der Waals surface area contributed by atoms with Gasteiger partial charge in [-0.2, -0.15) is 0 Å². The Morgan fingerprint density at radius 2 is 1.79 bits per heavy atom. The van der Waals surface area contributed by atoms with Crippen molar-refractivity contribution in [3.63, 3.8) is 0 Å². The normalized spacial score (nSPS) is 13.8. The lowest BCUT2D eigenvalue weighted by atomic mass is 10.2. The molecule has 0 aromatic heterocycles. The summed E-state index contributed by atoms with van der Waals surface area (Å²) < 4.78 is 5.56. The van der Waals surface area contributed by atoms with Crippen molar-refractivity contribution in [2.45, 2.75) is 26.2 Å². The van der Waals surface area contributed by atoms with Gasteiger partial charge in [0.2, 0.25) is 0 Å². The molecular formula is C20H24N2O2. The molecule has 24 heavy (non-hydrogen) atoms. The molecule has 4 nitrogen and oxygen atoms in total. The summed E-state index contributed by atoms with van der Waals surface area (Å²) in [4.78, 5) is 14.9. The summed E-state index contributed by atoms with van der Waals surface area (Å²) in [5.41, 5.74) is 2.61. The maximum atomic E-state index is 12.5. The van der Waals surface area contributed by atoms with Gasteiger partial charge in [0, 0.05) is 18.7 Å². The van der Waals surface area contributed by atoms with Crippen molar-refractivity contribution in [1.29, 1.82) is 0 Å². The predicted octanol–water partition coefficient (Wildman–Crippen LogP) is 4.33. The number of ether oxygens (including phenoxy) is 1. The van der Waals surface area contributed by atoms with Crippen LogP contribution in [0.4, 0.5) is 11.4 Å². The number of benzene rings is 2. The molecular weight excluding hydrogens is 300 g/mol. The topological polar surface area (TPSA) is 41.6 Å². The number of anilines is 2. The average Bonchev–Trinajstić information content (AvgIpc) is 3.15. The van der Waals surface area contributed by atoms with E-state index in [1.54, 1.807) is 12.1 Å². The Kier molecular flexibility index (Phi) is 5.36. The minimum absolute atomic E-state index is 0.0938. The fourth-order valence-corrected chi connectivity index (χ4v) is 2.93. The van der Waals surface area contributed by atoms with Crippen molar-refractivity contribution in [1.82, 2.24) is 0 Å². The summed E-state index contributed by atoms with van der Waals surface area (Å²) in [7, 11) is 0. The number of nitrogens with one attached hydrogen (secondary N) is 1. The van der Waals surface area contributed by atoms with Gasteiger partial charge in [-0.05, 0) is 55.7 Å². The standard InChI is InChI=1S/C20H24N2O2/c1-2-15-24-17-11-9-16(10-12-17)20(23)21-18-7-3-4-8-19(18)22-13-5-6-14-22/h3-4,7-12H,2,5-6,13-15H2,1H3,(H,21,23). The Bertz CT molecular complexity index is 676. The molecule has 0 atom stereocenters. The van der Waals surface area contributed by atoms with E-state index in [-0.39, 0.29) is 5.91 Å². The number of para-hydroxylation sites is 2. The van der Waals surface area contributed by atoms with Gasteiger partial charge in [-0.3, -0.25) is 4.79 Å². The second-order valence-electron chi connectivity index (χ2n) is 6.04. The highest BCUT2D eigenvalue weighted by atomic mass is 16.5. The molecule has 1 heterocycles. The number of carbonyl (C=O) groups excluding carboxylic acids is 1. The van der Waals surface area contributed by atoms with E-state index < -0.39 is 0 Å². The molecule has 3 rings (SSSR count). The smallest absolute Gasteiger partial charge is 0.255 e. The van der Waals surface area contributed by atoms with Crippen LogP contribution in [-0.4, -0.2) is 25.6 Å². The van der Waals surface area contributed by atoms with Crippen molar-refractivity contribution >= 4 is 17.3 Å². The molecule has 1 fully saturated rings. The van der Waals surface area contributed by atoms with Crippen LogP contribution in [0.5, 0.6) is 5.75 Å². The second kappa shape index (κ2) is 7.86. The Morgan fingerprint density at radius 3 is 2.50 bits per heavy atom. The summed E-state index contributed by atoms with van der Waals surface area (Å²) in [6.45, 7) is 4.86. The average molecular weight is 324 g/mol. The SMILES string of the molecule is CCCOc1ccc(C(=O)Nc2ccccc2N2CCCC2)cc1. The molecule has 0 aliphatic carbocycles. The van der Waals surface area contributed by atoms with Gasteiger partial charge in [0.1, 0.15) is 5.75 Å². The third-order valence-corrected chi connectivity index (χ3v) is 4.19. The monoisotopic (exact) mass is 324 g/mol. The largest absolute Gasteiger partial charge is 0.494 e. The van der Waals surface area contributed by atoms with Gasteiger partial charge < -0.3 is 15.0 Å². The molecule has 0 saturated carbocycles. The van der Waals surface area contributed by atoms with Crippen LogP contribution in [-0.2, 0) is 0 Å². The molecule has 4 heteroatoms. The third kappa shape index (κ3) is 3.88. The number of amides is 1. The van der Waals surface area contributed by atoms with Crippen LogP contribution in [0.15, 0.2) is 48.5 Å². The van der Waals surface area contributed by atoms with Gasteiger partial charge in [0.05, 0.1) is 18.0 Å². The quantitative estimate of drug-likeness (QED) is 0.860. The summed E-state index contributed by atoms with van der Waals surface area (Å²) >= 11 is 0. The molecule has 0 spiro atoms. The molecule has 1 amide bonds. The molecule has 1 aliphatic heterocycles. The zero-order chi connectivity index (χ0) is 16.8. The van der Waals surface area contributed by atoms with Crippen molar-refractivity contribution in [3.8, 4) is 5.75 Å². The molecule has 0 unspecified atom stereocenters. The van der Waals surface area contributed by atoms with Crippen LogP contribution in [0.25, 0.3) is 0 Å². The highest BCUT2D eigenvalue weighted by Gasteiger charge is 2.17. The molecule has 2 aromatic carbocycles. The van der Waals surface area contributed by atoms with E-state index in [0.717, 1.165) is 36.6 Å². The van der Waals surface area contributed by atoms with E-state index in [1.165, 1.54) is 12.8 Å². The summed E-state index contributed by atoms with van der Waals surface area (Å²) in [6.07, 6.45) is 3.39. The van der Waals surface area contributed by atoms with E-state index in [4.69, 9.17) is 4.74 Å². The number of hydrogen-bond acceptors (Lipinski definition) is 3. The highest BCUT2D eigenvalue weighted by molar-refractivity contribution is 6.06. The maximum Gasteiger partial charge on any atom is 0.255 e. The first-order valence-corrected chi connectivity index (χ1v) is 8.66. The fraction of sp³-hybridized carbons (Fsp3) is 0.350. The van der Waals surface area contributed by atoms with Gasteiger partial charge in [0.25, 0.3) is 5.91 Å². The molecule has 126 valence electrons. The van der Waals surface area contributed by atoms with E-state index in [2.05, 4.69) is 23.2 Å². The summed E-state index contributed by atoms with van der Waals surface area (Å²) in [5, 5.41) is 3.04. The van der Waals surface area contributed by atoms with Gasteiger partial charge in [-0.15, -0.1) is 0 Å². The Morgan fingerprint density at radius 1 is 1.08 bits per heavy atom. The number of nitrogens with zero attached hydrogens (tertiary/aromatic N) is 1. The molecule has 1 N–H and O–H groups in total. The second-order valence-corrected chi connectivity index (χ2v) is 6.04. The lowest BCUT2D eigenvalue weighted by molar-refractivity contribution is 0.102. The minimum atomic E-state index is -0.0938. The molecule has 0 radical (unpaired) electrons. The highest BCUT2D eigenvalue weighted by Crippen LogP contribution is 2.29. The van der Waals surface area contributed by atoms with E-state index >= 15 is 0 Å². The van der Waals surface area contributed by atoms with Gasteiger partial charge in [-0.1, -0.05) is 19.1 Å². The van der Waals surface area contributed by atoms with Crippen molar-refractivity contribution in [2.75, 3.05) is 29.9 Å². The number of hydrogen-bond donors (Lipinski definition) is 1.